The lowest BCUT2D eigenvalue weighted by atomic mass is 10.1. The number of carbonyl (C=O) groups excluding carboxylic acids is 2. The Hall–Kier alpha value is -3.55. The van der Waals surface area contributed by atoms with E-state index in [1.165, 1.54) is 0 Å². The topological polar surface area (TPSA) is 114 Å². The van der Waals surface area contributed by atoms with E-state index in [4.69, 9.17) is 14.6 Å². The van der Waals surface area contributed by atoms with Crippen molar-refractivity contribution in [1.29, 1.82) is 0 Å². The molecule has 0 fully saturated rings. The Kier molecular flexibility index (Phi) is 5.78. The molecular formula is C20H20N2O6. The first-order valence-corrected chi connectivity index (χ1v) is 8.77. The minimum atomic E-state index is -0.982. The van der Waals surface area contributed by atoms with Gasteiger partial charge in [0.05, 0.1) is 6.42 Å². The highest BCUT2D eigenvalue weighted by molar-refractivity contribution is 5.97. The summed E-state index contributed by atoms with van der Waals surface area (Å²) < 4.78 is 11.5. The van der Waals surface area contributed by atoms with Crippen LogP contribution in [0, 0.1) is 0 Å². The predicted octanol–water partition coefficient (Wildman–Crippen LogP) is 2.06. The molecule has 1 aliphatic rings. The summed E-state index contributed by atoms with van der Waals surface area (Å²) >= 11 is 0. The van der Waals surface area contributed by atoms with E-state index in [2.05, 4.69) is 10.6 Å². The normalized spacial score (nSPS) is 17.5. The van der Waals surface area contributed by atoms with E-state index in [9.17, 15) is 14.4 Å². The second kappa shape index (κ2) is 8.43. The molecule has 8 heteroatoms. The van der Waals surface area contributed by atoms with Crippen LogP contribution in [0.4, 0.5) is 5.69 Å². The summed E-state index contributed by atoms with van der Waals surface area (Å²) in [6.45, 7) is 1.80. The third kappa shape index (κ3) is 4.59. The summed E-state index contributed by atoms with van der Waals surface area (Å²) in [4.78, 5) is 35.0. The Balaban J connectivity index is 1.59. The number of amides is 2. The van der Waals surface area contributed by atoms with Crippen molar-refractivity contribution in [2.24, 2.45) is 0 Å². The smallest absolute Gasteiger partial charge is 0.305 e. The molecule has 146 valence electrons. The van der Waals surface area contributed by atoms with Gasteiger partial charge >= 0.3 is 5.97 Å². The number of hydrogen-bond acceptors (Lipinski definition) is 5. The number of anilines is 1. The number of benzene rings is 2. The number of nitrogens with one attached hydrogen (secondary N) is 2. The zero-order valence-electron chi connectivity index (χ0n) is 15.2. The van der Waals surface area contributed by atoms with Gasteiger partial charge in [-0.3, -0.25) is 14.4 Å². The number of carboxylic acids is 1. The van der Waals surface area contributed by atoms with E-state index in [-0.39, 0.29) is 24.8 Å². The van der Waals surface area contributed by atoms with Crippen LogP contribution >= 0.6 is 0 Å². The van der Waals surface area contributed by atoms with Crippen LogP contribution in [0.2, 0.25) is 0 Å². The van der Waals surface area contributed by atoms with Crippen molar-refractivity contribution in [2.45, 2.75) is 25.6 Å². The van der Waals surface area contributed by atoms with Gasteiger partial charge in [0, 0.05) is 17.8 Å². The maximum atomic E-state index is 12.6. The molecule has 0 spiro atoms. The molecular weight excluding hydrogens is 364 g/mol. The molecule has 2 atom stereocenters. The lowest BCUT2D eigenvalue weighted by Gasteiger charge is -2.31. The highest BCUT2D eigenvalue weighted by Crippen LogP contribution is 2.33. The van der Waals surface area contributed by atoms with Crippen LogP contribution in [0.25, 0.3) is 0 Å². The van der Waals surface area contributed by atoms with Crippen molar-refractivity contribution >= 4 is 23.5 Å². The van der Waals surface area contributed by atoms with Crippen molar-refractivity contribution in [3.63, 3.8) is 0 Å². The van der Waals surface area contributed by atoms with Gasteiger partial charge in [-0.1, -0.05) is 12.1 Å². The molecule has 0 aromatic heterocycles. The summed E-state index contributed by atoms with van der Waals surface area (Å²) in [6.07, 6.45) is -1.42. The van der Waals surface area contributed by atoms with Crippen LogP contribution in [0.15, 0.2) is 48.5 Å². The molecule has 0 saturated heterocycles. The van der Waals surface area contributed by atoms with Crippen molar-refractivity contribution in [3.8, 4) is 11.5 Å². The second-order valence-corrected chi connectivity index (χ2v) is 6.27. The molecule has 1 heterocycles. The Morgan fingerprint density at radius 1 is 1.00 bits per heavy atom. The quantitative estimate of drug-likeness (QED) is 0.702. The first-order valence-electron chi connectivity index (χ1n) is 8.77. The van der Waals surface area contributed by atoms with Crippen molar-refractivity contribution in [1.82, 2.24) is 5.32 Å². The van der Waals surface area contributed by atoms with Crippen LogP contribution in [0.3, 0.4) is 0 Å². The van der Waals surface area contributed by atoms with Gasteiger partial charge in [-0.05, 0) is 43.3 Å². The molecule has 3 N–H and O–H groups in total. The van der Waals surface area contributed by atoms with E-state index < -0.39 is 18.2 Å². The summed E-state index contributed by atoms with van der Waals surface area (Å²) in [6, 6.07) is 13.4. The standard InChI is InChI=1S/C20H20N2O6/c1-12-18(28-16-5-3-2-4-15(16)27-12)20(26)22-14-8-6-13(7-9-14)19(25)21-11-10-17(23)24/h2-9,12,18H,10-11H2,1H3,(H,21,25)(H,22,26)(H,23,24). The molecule has 0 aliphatic carbocycles. The summed E-state index contributed by atoms with van der Waals surface area (Å²) in [5.74, 6) is -0.621. The summed E-state index contributed by atoms with van der Waals surface area (Å²) in [5.41, 5.74) is 0.865. The average Bonchev–Trinajstić information content (AvgIpc) is 2.67. The molecule has 0 saturated carbocycles. The van der Waals surface area contributed by atoms with Gasteiger partial charge in [0.15, 0.2) is 11.5 Å². The molecule has 2 aromatic carbocycles. The fourth-order valence-electron chi connectivity index (χ4n) is 2.71. The van der Waals surface area contributed by atoms with Gasteiger partial charge in [-0.2, -0.15) is 0 Å². The van der Waals surface area contributed by atoms with E-state index in [1.54, 1.807) is 49.4 Å². The lowest BCUT2D eigenvalue weighted by Crippen LogP contribution is -2.46. The molecule has 2 unspecified atom stereocenters. The van der Waals surface area contributed by atoms with Gasteiger partial charge in [0.25, 0.3) is 11.8 Å². The Morgan fingerprint density at radius 3 is 2.29 bits per heavy atom. The number of hydrogen-bond donors (Lipinski definition) is 3. The Labute approximate surface area is 161 Å². The van der Waals surface area contributed by atoms with Gasteiger partial charge < -0.3 is 25.2 Å². The molecule has 28 heavy (non-hydrogen) atoms. The molecule has 0 bridgehead atoms. The number of ether oxygens (including phenoxy) is 2. The first kappa shape index (κ1) is 19.2. The lowest BCUT2D eigenvalue weighted by molar-refractivity contribution is -0.136. The highest BCUT2D eigenvalue weighted by atomic mass is 16.6. The number of rotatable bonds is 6. The molecule has 0 radical (unpaired) electrons. The Morgan fingerprint density at radius 2 is 1.64 bits per heavy atom. The van der Waals surface area contributed by atoms with E-state index in [1.807, 2.05) is 6.07 Å². The van der Waals surface area contributed by atoms with Crippen LogP contribution in [-0.2, 0) is 9.59 Å². The van der Waals surface area contributed by atoms with Crippen LogP contribution in [-0.4, -0.2) is 41.6 Å². The van der Waals surface area contributed by atoms with Gasteiger partial charge in [-0.25, -0.2) is 0 Å². The van der Waals surface area contributed by atoms with Crippen molar-refractivity contribution in [3.05, 3.63) is 54.1 Å². The first-order chi connectivity index (χ1) is 13.4. The number of para-hydroxylation sites is 2. The molecule has 1 aliphatic heterocycles. The molecule has 8 nitrogen and oxygen atoms in total. The van der Waals surface area contributed by atoms with Crippen LogP contribution in [0.1, 0.15) is 23.7 Å². The zero-order chi connectivity index (χ0) is 20.1. The van der Waals surface area contributed by atoms with E-state index >= 15 is 0 Å². The maximum Gasteiger partial charge on any atom is 0.305 e. The fourth-order valence-corrected chi connectivity index (χ4v) is 2.71. The van der Waals surface area contributed by atoms with E-state index in [0.717, 1.165) is 0 Å². The predicted molar refractivity (Wildman–Crippen MR) is 101 cm³/mol. The minimum absolute atomic E-state index is 0.0467. The van der Waals surface area contributed by atoms with Crippen LogP contribution < -0.4 is 20.1 Å². The zero-order valence-corrected chi connectivity index (χ0v) is 15.2. The molecule has 2 aromatic rings. The second-order valence-electron chi connectivity index (χ2n) is 6.27. The highest BCUT2D eigenvalue weighted by Gasteiger charge is 2.34. The van der Waals surface area contributed by atoms with Crippen molar-refractivity contribution in [2.75, 3.05) is 11.9 Å². The van der Waals surface area contributed by atoms with Crippen LogP contribution in [0.5, 0.6) is 11.5 Å². The average molecular weight is 384 g/mol. The number of carbonyl (C=O) groups is 3. The minimum Gasteiger partial charge on any atom is -0.482 e. The largest absolute Gasteiger partial charge is 0.482 e. The van der Waals surface area contributed by atoms with Gasteiger partial charge in [0.1, 0.15) is 6.10 Å². The fraction of sp³-hybridized carbons (Fsp3) is 0.250. The third-order valence-corrected chi connectivity index (χ3v) is 4.14. The number of carboxylic acid groups (broad SMARTS) is 1. The van der Waals surface area contributed by atoms with E-state index in [0.29, 0.717) is 22.7 Å². The summed E-state index contributed by atoms with van der Waals surface area (Å²) in [7, 11) is 0. The molecule has 2 amide bonds. The van der Waals surface area contributed by atoms with Gasteiger partial charge in [-0.15, -0.1) is 0 Å². The summed E-state index contributed by atoms with van der Waals surface area (Å²) in [5, 5.41) is 13.8. The maximum absolute atomic E-state index is 12.6. The van der Waals surface area contributed by atoms with Gasteiger partial charge in [0.2, 0.25) is 6.10 Å². The number of aliphatic carboxylic acids is 1. The van der Waals surface area contributed by atoms with Crippen molar-refractivity contribution < 1.29 is 29.0 Å². The molecule has 3 rings (SSSR count). The Bertz CT molecular complexity index is 881. The SMILES string of the molecule is CC1Oc2ccccc2OC1C(=O)Nc1ccc(C(=O)NCCC(=O)O)cc1. The number of fused-ring (bicyclic) bond motifs is 1. The third-order valence-electron chi connectivity index (χ3n) is 4.14. The monoisotopic (exact) mass is 384 g/mol.